The molecule has 0 fully saturated rings. The Kier molecular flexibility index (Phi) is 5.11. The van der Waals surface area contributed by atoms with Crippen LogP contribution in [0.4, 0.5) is 27.9 Å². The van der Waals surface area contributed by atoms with Crippen LogP contribution in [0.25, 0.3) is 33.2 Å². The summed E-state index contributed by atoms with van der Waals surface area (Å²) in [6, 6.07) is 3.11. The molecule has 2 N–H and O–H groups in total. The van der Waals surface area contributed by atoms with Crippen molar-refractivity contribution in [1.29, 1.82) is 0 Å². The molecule has 1 atom stereocenters. The van der Waals surface area contributed by atoms with Crippen LogP contribution in [0.3, 0.4) is 0 Å². The van der Waals surface area contributed by atoms with Crippen LogP contribution in [-0.2, 0) is 6.54 Å². The SMILES string of the molecule is COc1nc(NC(C)C(F)(F)F)nc2[nH]cc(-c3ccc4nnn(CC(F)F)c4c3)c12. The Morgan fingerprint density at radius 2 is 2.00 bits per heavy atom. The van der Waals surface area contributed by atoms with E-state index < -0.39 is 25.2 Å². The van der Waals surface area contributed by atoms with E-state index in [1.54, 1.807) is 24.4 Å². The average molecular weight is 441 g/mol. The fourth-order valence-electron chi connectivity index (χ4n) is 3.11. The van der Waals surface area contributed by atoms with Crippen LogP contribution in [0.1, 0.15) is 6.92 Å². The van der Waals surface area contributed by atoms with Gasteiger partial charge in [0.2, 0.25) is 11.8 Å². The molecule has 0 amide bonds. The van der Waals surface area contributed by atoms with Crippen LogP contribution in [0.15, 0.2) is 24.4 Å². The largest absolute Gasteiger partial charge is 0.480 e. The minimum absolute atomic E-state index is 0.0532. The van der Waals surface area contributed by atoms with Crippen molar-refractivity contribution in [3.05, 3.63) is 24.4 Å². The van der Waals surface area contributed by atoms with Gasteiger partial charge in [0, 0.05) is 11.8 Å². The molecule has 31 heavy (non-hydrogen) atoms. The fourth-order valence-corrected chi connectivity index (χ4v) is 3.11. The summed E-state index contributed by atoms with van der Waals surface area (Å²) >= 11 is 0. The smallest absolute Gasteiger partial charge is 0.408 e. The first kappa shape index (κ1) is 20.8. The molecule has 0 bridgehead atoms. The number of nitrogens with one attached hydrogen (secondary N) is 2. The molecule has 4 aromatic rings. The summed E-state index contributed by atoms with van der Waals surface area (Å²) in [6.07, 6.45) is -5.49. The van der Waals surface area contributed by atoms with E-state index in [4.69, 9.17) is 4.74 Å². The number of fused-ring (bicyclic) bond motifs is 2. The average Bonchev–Trinajstić information content (AvgIpc) is 3.30. The zero-order valence-electron chi connectivity index (χ0n) is 16.2. The minimum atomic E-state index is -4.48. The van der Waals surface area contributed by atoms with Crippen molar-refractivity contribution in [2.24, 2.45) is 0 Å². The van der Waals surface area contributed by atoms with Gasteiger partial charge in [-0.05, 0) is 24.6 Å². The molecule has 0 aliphatic heterocycles. The third-order valence-electron chi connectivity index (χ3n) is 4.66. The van der Waals surface area contributed by atoms with Gasteiger partial charge in [0.25, 0.3) is 6.43 Å². The molecule has 3 heterocycles. The lowest BCUT2D eigenvalue weighted by atomic mass is 10.1. The molecule has 0 aliphatic rings. The molecule has 0 radical (unpaired) electrons. The predicted octanol–water partition coefficient (Wildman–Crippen LogP) is 4.01. The summed E-state index contributed by atoms with van der Waals surface area (Å²) in [7, 11) is 1.33. The standard InChI is InChI=1S/C18H16F5N7O/c1-8(18(21,22)23)25-17-26-15-14(16(27-17)31-2)10(6-24-15)9-3-4-11-12(5-9)30(29-28-11)7-13(19)20/h3-6,8,13H,7H2,1-2H3,(H2,24,25,26,27). The van der Waals surface area contributed by atoms with Crippen molar-refractivity contribution in [3.8, 4) is 17.0 Å². The number of H-pyrrole nitrogens is 1. The first-order chi connectivity index (χ1) is 14.7. The highest BCUT2D eigenvalue weighted by Crippen LogP contribution is 2.35. The quantitative estimate of drug-likeness (QED) is 0.440. The summed E-state index contributed by atoms with van der Waals surface area (Å²) in [4.78, 5) is 11.0. The number of ether oxygens (including phenoxy) is 1. The molecule has 0 aliphatic carbocycles. The van der Waals surface area contributed by atoms with Crippen molar-refractivity contribution in [1.82, 2.24) is 29.9 Å². The first-order valence-electron chi connectivity index (χ1n) is 9.05. The van der Waals surface area contributed by atoms with Gasteiger partial charge in [0.1, 0.15) is 23.8 Å². The molecular formula is C18H16F5N7O. The Balaban J connectivity index is 1.78. The zero-order valence-corrected chi connectivity index (χ0v) is 16.2. The topological polar surface area (TPSA) is 93.5 Å². The van der Waals surface area contributed by atoms with Crippen LogP contribution in [0.5, 0.6) is 5.88 Å². The second-order valence-corrected chi connectivity index (χ2v) is 6.76. The highest BCUT2D eigenvalue weighted by atomic mass is 19.4. The van der Waals surface area contributed by atoms with E-state index in [9.17, 15) is 22.0 Å². The Hall–Kier alpha value is -3.51. The molecule has 164 valence electrons. The van der Waals surface area contributed by atoms with Gasteiger partial charge in [-0.15, -0.1) is 5.10 Å². The monoisotopic (exact) mass is 441 g/mol. The van der Waals surface area contributed by atoms with Gasteiger partial charge in [-0.3, -0.25) is 0 Å². The normalized spacial score (nSPS) is 13.3. The van der Waals surface area contributed by atoms with Crippen LogP contribution >= 0.6 is 0 Å². The van der Waals surface area contributed by atoms with Gasteiger partial charge >= 0.3 is 6.18 Å². The van der Waals surface area contributed by atoms with E-state index in [1.807, 2.05) is 0 Å². The van der Waals surface area contributed by atoms with Crippen LogP contribution < -0.4 is 10.1 Å². The summed E-state index contributed by atoms with van der Waals surface area (Å²) in [5.41, 5.74) is 2.29. The minimum Gasteiger partial charge on any atom is -0.480 e. The molecular weight excluding hydrogens is 425 g/mol. The maximum absolute atomic E-state index is 12.9. The number of aromatic amines is 1. The number of methoxy groups -OCH3 is 1. The number of hydrogen-bond donors (Lipinski definition) is 2. The van der Waals surface area contributed by atoms with Gasteiger partial charge in [-0.25, -0.2) is 13.5 Å². The molecule has 8 nitrogen and oxygen atoms in total. The molecule has 4 rings (SSSR count). The Morgan fingerprint density at radius 1 is 1.23 bits per heavy atom. The Morgan fingerprint density at radius 3 is 2.68 bits per heavy atom. The van der Waals surface area contributed by atoms with E-state index >= 15 is 0 Å². The maximum atomic E-state index is 12.9. The van der Waals surface area contributed by atoms with Gasteiger partial charge in [0.15, 0.2) is 0 Å². The second kappa shape index (κ2) is 7.63. The molecule has 3 aromatic heterocycles. The molecule has 0 saturated carbocycles. The third-order valence-corrected chi connectivity index (χ3v) is 4.66. The first-order valence-corrected chi connectivity index (χ1v) is 9.05. The van der Waals surface area contributed by atoms with Gasteiger partial charge in [-0.1, -0.05) is 11.3 Å². The van der Waals surface area contributed by atoms with E-state index in [1.165, 1.54) is 7.11 Å². The molecule has 13 heteroatoms. The van der Waals surface area contributed by atoms with E-state index in [2.05, 4.69) is 30.6 Å². The lowest BCUT2D eigenvalue weighted by Crippen LogP contribution is -2.33. The maximum Gasteiger partial charge on any atom is 0.408 e. The van der Waals surface area contributed by atoms with Gasteiger partial charge < -0.3 is 15.0 Å². The Labute approximate surface area is 171 Å². The van der Waals surface area contributed by atoms with E-state index in [0.717, 1.165) is 11.6 Å². The summed E-state index contributed by atoms with van der Waals surface area (Å²) < 4.78 is 70.6. The zero-order chi connectivity index (χ0) is 22.3. The molecule has 1 aromatic carbocycles. The van der Waals surface area contributed by atoms with Crippen molar-refractivity contribution in [3.63, 3.8) is 0 Å². The summed E-state index contributed by atoms with van der Waals surface area (Å²) in [6.45, 7) is 0.346. The third kappa shape index (κ3) is 3.94. The number of halogens is 5. The van der Waals surface area contributed by atoms with Crippen LogP contribution in [0, 0.1) is 0 Å². The highest BCUT2D eigenvalue weighted by molar-refractivity contribution is 5.99. The van der Waals surface area contributed by atoms with E-state index in [-0.39, 0.29) is 17.5 Å². The molecule has 0 spiro atoms. The lowest BCUT2D eigenvalue weighted by molar-refractivity contribution is -0.138. The number of alkyl halides is 5. The van der Waals surface area contributed by atoms with Crippen molar-refractivity contribution in [2.75, 3.05) is 12.4 Å². The fraction of sp³-hybridized carbons (Fsp3) is 0.333. The van der Waals surface area contributed by atoms with Crippen molar-refractivity contribution >= 4 is 28.0 Å². The Bertz CT molecular complexity index is 1230. The summed E-state index contributed by atoms with van der Waals surface area (Å²) in [5, 5.41) is 10.3. The molecule has 1 unspecified atom stereocenters. The second-order valence-electron chi connectivity index (χ2n) is 6.76. The predicted molar refractivity (Wildman–Crippen MR) is 102 cm³/mol. The highest BCUT2D eigenvalue weighted by Gasteiger charge is 2.36. The summed E-state index contributed by atoms with van der Waals surface area (Å²) in [5.74, 6) is -0.199. The van der Waals surface area contributed by atoms with Crippen LogP contribution in [0.2, 0.25) is 0 Å². The van der Waals surface area contributed by atoms with Gasteiger partial charge in [0.05, 0.1) is 18.0 Å². The van der Waals surface area contributed by atoms with E-state index in [0.29, 0.717) is 27.5 Å². The lowest BCUT2D eigenvalue weighted by Gasteiger charge is -2.17. The number of aromatic nitrogens is 6. The van der Waals surface area contributed by atoms with Crippen molar-refractivity contribution < 1.29 is 26.7 Å². The van der Waals surface area contributed by atoms with Crippen molar-refractivity contribution in [2.45, 2.75) is 32.1 Å². The van der Waals surface area contributed by atoms with Crippen LogP contribution in [-0.4, -0.2) is 55.7 Å². The van der Waals surface area contributed by atoms with Gasteiger partial charge in [-0.2, -0.15) is 23.1 Å². The number of nitrogens with zero attached hydrogens (tertiary/aromatic N) is 5. The number of rotatable bonds is 6. The molecule has 0 saturated heterocycles. The number of anilines is 1. The number of benzene rings is 1. The number of hydrogen-bond acceptors (Lipinski definition) is 6.